The molecule has 0 saturated heterocycles. The number of hydrogen-bond donors (Lipinski definition) is 1. The van der Waals surface area contributed by atoms with E-state index in [1.807, 2.05) is 12.1 Å². The lowest BCUT2D eigenvalue weighted by Crippen LogP contribution is -2.10. The summed E-state index contributed by atoms with van der Waals surface area (Å²) < 4.78 is 1.95. The quantitative estimate of drug-likeness (QED) is 0.752. The second-order valence-electron chi connectivity index (χ2n) is 4.00. The van der Waals surface area contributed by atoms with Crippen LogP contribution in [0.25, 0.3) is 0 Å². The first-order valence-corrected chi connectivity index (χ1v) is 7.42. The molecule has 1 N–H and O–H groups in total. The standard InChI is InChI=1S/C14H14Br2N2/c1-2-12(10-5-7-11(15)8-6-10)18-13-4-3-9-17-14(13)16/h3-9,12,18H,2H2,1H3. The van der Waals surface area contributed by atoms with Crippen LogP contribution in [0.15, 0.2) is 51.7 Å². The number of aromatic nitrogens is 1. The second kappa shape index (κ2) is 6.34. The molecule has 0 fully saturated rings. The largest absolute Gasteiger partial charge is 0.376 e. The smallest absolute Gasteiger partial charge is 0.129 e. The van der Waals surface area contributed by atoms with Crippen molar-refractivity contribution < 1.29 is 0 Å². The van der Waals surface area contributed by atoms with Gasteiger partial charge in [0.1, 0.15) is 4.60 Å². The van der Waals surface area contributed by atoms with Gasteiger partial charge in [0.2, 0.25) is 0 Å². The van der Waals surface area contributed by atoms with Crippen molar-refractivity contribution in [2.24, 2.45) is 0 Å². The molecule has 0 aliphatic heterocycles. The van der Waals surface area contributed by atoms with E-state index in [-0.39, 0.29) is 0 Å². The molecule has 94 valence electrons. The molecule has 1 atom stereocenters. The van der Waals surface area contributed by atoms with Gasteiger partial charge in [-0.25, -0.2) is 4.98 Å². The number of anilines is 1. The van der Waals surface area contributed by atoms with Gasteiger partial charge >= 0.3 is 0 Å². The fraction of sp³-hybridized carbons (Fsp3) is 0.214. The Morgan fingerprint density at radius 3 is 2.50 bits per heavy atom. The number of benzene rings is 1. The topological polar surface area (TPSA) is 24.9 Å². The van der Waals surface area contributed by atoms with E-state index in [1.165, 1.54) is 5.56 Å². The van der Waals surface area contributed by atoms with Crippen LogP contribution in [0.4, 0.5) is 5.69 Å². The number of halogens is 2. The number of nitrogens with one attached hydrogen (secondary N) is 1. The minimum absolute atomic E-state index is 0.290. The summed E-state index contributed by atoms with van der Waals surface area (Å²) in [6, 6.07) is 12.7. The molecule has 2 rings (SSSR count). The van der Waals surface area contributed by atoms with Gasteiger partial charge in [0, 0.05) is 10.7 Å². The SMILES string of the molecule is CCC(Nc1cccnc1Br)c1ccc(Br)cc1. The molecule has 0 radical (unpaired) electrons. The number of pyridine rings is 1. The van der Waals surface area contributed by atoms with Crippen LogP contribution in [0.2, 0.25) is 0 Å². The normalized spacial score (nSPS) is 12.2. The summed E-state index contributed by atoms with van der Waals surface area (Å²) in [6.07, 6.45) is 2.79. The lowest BCUT2D eigenvalue weighted by Gasteiger charge is -2.19. The Balaban J connectivity index is 2.20. The van der Waals surface area contributed by atoms with Gasteiger partial charge in [-0.2, -0.15) is 0 Å². The number of rotatable bonds is 4. The maximum absolute atomic E-state index is 4.22. The Kier molecular flexibility index (Phi) is 4.78. The molecule has 0 aliphatic carbocycles. The van der Waals surface area contributed by atoms with Crippen LogP contribution in [0, 0.1) is 0 Å². The molecule has 0 saturated carbocycles. The van der Waals surface area contributed by atoms with Crippen LogP contribution < -0.4 is 5.32 Å². The van der Waals surface area contributed by atoms with E-state index in [0.717, 1.165) is 21.2 Å². The molecule has 0 aliphatic rings. The average molecular weight is 370 g/mol. The Bertz CT molecular complexity index is 511. The average Bonchev–Trinajstić information content (AvgIpc) is 2.39. The first-order valence-electron chi connectivity index (χ1n) is 5.83. The second-order valence-corrected chi connectivity index (χ2v) is 5.67. The predicted molar refractivity (Wildman–Crippen MR) is 82.7 cm³/mol. The van der Waals surface area contributed by atoms with Crippen molar-refractivity contribution in [2.45, 2.75) is 19.4 Å². The minimum atomic E-state index is 0.290. The maximum Gasteiger partial charge on any atom is 0.129 e. The van der Waals surface area contributed by atoms with Crippen LogP contribution in [0.1, 0.15) is 24.9 Å². The summed E-state index contributed by atoms with van der Waals surface area (Å²) in [5.41, 5.74) is 2.30. The highest BCUT2D eigenvalue weighted by atomic mass is 79.9. The molecule has 2 nitrogen and oxygen atoms in total. The monoisotopic (exact) mass is 368 g/mol. The summed E-state index contributed by atoms with van der Waals surface area (Å²) in [4.78, 5) is 4.22. The van der Waals surface area contributed by atoms with Crippen molar-refractivity contribution >= 4 is 37.5 Å². The van der Waals surface area contributed by atoms with Crippen LogP contribution in [0.5, 0.6) is 0 Å². The zero-order valence-corrected chi connectivity index (χ0v) is 13.2. The molecular weight excluding hydrogens is 356 g/mol. The molecule has 2 aromatic rings. The van der Waals surface area contributed by atoms with Gasteiger partial charge in [-0.3, -0.25) is 0 Å². The van der Waals surface area contributed by atoms with Crippen LogP contribution in [-0.2, 0) is 0 Å². The van der Waals surface area contributed by atoms with Gasteiger partial charge in [0.15, 0.2) is 0 Å². The van der Waals surface area contributed by atoms with E-state index in [0.29, 0.717) is 6.04 Å². The third kappa shape index (κ3) is 3.33. The van der Waals surface area contributed by atoms with Crippen molar-refractivity contribution in [3.05, 3.63) is 57.2 Å². The first kappa shape index (κ1) is 13.6. The lowest BCUT2D eigenvalue weighted by molar-refractivity contribution is 0.747. The summed E-state index contributed by atoms with van der Waals surface area (Å²) in [7, 11) is 0. The van der Waals surface area contributed by atoms with E-state index in [2.05, 4.69) is 73.3 Å². The molecule has 1 aromatic heterocycles. The van der Waals surface area contributed by atoms with Crippen LogP contribution >= 0.6 is 31.9 Å². The van der Waals surface area contributed by atoms with Gasteiger partial charge in [-0.05, 0) is 52.2 Å². The molecule has 18 heavy (non-hydrogen) atoms. The fourth-order valence-corrected chi connectivity index (χ4v) is 2.43. The van der Waals surface area contributed by atoms with Gasteiger partial charge in [-0.1, -0.05) is 35.0 Å². The van der Waals surface area contributed by atoms with Gasteiger partial charge in [0.25, 0.3) is 0 Å². The van der Waals surface area contributed by atoms with Crippen LogP contribution in [0.3, 0.4) is 0 Å². The van der Waals surface area contributed by atoms with E-state index in [9.17, 15) is 0 Å². The summed E-state index contributed by atoms with van der Waals surface area (Å²) in [5, 5.41) is 3.51. The van der Waals surface area contributed by atoms with Crippen molar-refractivity contribution in [3.8, 4) is 0 Å². The molecular formula is C14H14Br2N2. The van der Waals surface area contributed by atoms with Crippen molar-refractivity contribution in [3.63, 3.8) is 0 Å². The van der Waals surface area contributed by atoms with E-state index in [1.54, 1.807) is 6.20 Å². The third-order valence-electron chi connectivity index (χ3n) is 2.77. The summed E-state index contributed by atoms with van der Waals surface area (Å²) in [6.45, 7) is 2.17. The Morgan fingerprint density at radius 2 is 1.89 bits per heavy atom. The van der Waals surface area contributed by atoms with E-state index >= 15 is 0 Å². The highest BCUT2D eigenvalue weighted by Crippen LogP contribution is 2.27. The summed E-state index contributed by atoms with van der Waals surface area (Å²) in [5.74, 6) is 0. The molecule has 0 bridgehead atoms. The zero-order valence-electron chi connectivity index (χ0n) is 10.0. The Morgan fingerprint density at radius 1 is 1.17 bits per heavy atom. The first-order chi connectivity index (χ1) is 8.70. The lowest BCUT2D eigenvalue weighted by atomic mass is 10.0. The fourth-order valence-electron chi connectivity index (χ4n) is 1.80. The van der Waals surface area contributed by atoms with Crippen molar-refractivity contribution in [2.75, 3.05) is 5.32 Å². The van der Waals surface area contributed by atoms with Crippen molar-refractivity contribution in [1.29, 1.82) is 0 Å². The van der Waals surface area contributed by atoms with E-state index in [4.69, 9.17) is 0 Å². The van der Waals surface area contributed by atoms with Crippen LogP contribution in [-0.4, -0.2) is 4.98 Å². The molecule has 1 unspecified atom stereocenters. The van der Waals surface area contributed by atoms with Gasteiger partial charge in [-0.15, -0.1) is 0 Å². The minimum Gasteiger partial charge on any atom is -0.376 e. The highest BCUT2D eigenvalue weighted by Gasteiger charge is 2.10. The van der Waals surface area contributed by atoms with E-state index < -0.39 is 0 Å². The Labute approximate surface area is 124 Å². The number of nitrogens with zero attached hydrogens (tertiary/aromatic N) is 1. The Hall–Kier alpha value is -0.870. The molecule has 1 aromatic carbocycles. The molecule has 0 amide bonds. The molecule has 4 heteroatoms. The predicted octanol–water partition coefficient (Wildman–Crippen LogP) is 5.17. The van der Waals surface area contributed by atoms with Gasteiger partial charge < -0.3 is 5.32 Å². The van der Waals surface area contributed by atoms with Crippen molar-refractivity contribution in [1.82, 2.24) is 4.98 Å². The molecule has 1 heterocycles. The third-order valence-corrected chi connectivity index (χ3v) is 3.93. The summed E-state index contributed by atoms with van der Waals surface area (Å²) >= 11 is 6.91. The number of hydrogen-bond acceptors (Lipinski definition) is 2. The highest BCUT2D eigenvalue weighted by molar-refractivity contribution is 9.10. The van der Waals surface area contributed by atoms with Gasteiger partial charge in [0.05, 0.1) is 11.7 Å². The zero-order chi connectivity index (χ0) is 13.0. The maximum atomic E-state index is 4.22. The molecule has 0 spiro atoms.